The van der Waals surface area contributed by atoms with Crippen molar-refractivity contribution in [2.75, 3.05) is 13.2 Å². The Bertz CT molecular complexity index is 366. The van der Waals surface area contributed by atoms with E-state index >= 15 is 0 Å². The monoisotopic (exact) mass is 253 g/mol. The Kier molecular flexibility index (Phi) is 4.01. The number of aliphatic hydroxyl groups is 1. The zero-order valence-electron chi connectivity index (χ0n) is 10.3. The summed E-state index contributed by atoms with van der Waals surface area (Å²) in [4.78, 5) is 25.2. The van der Waals surface area contributed by atoms with E-state index in [0.29, 0.717) is 19.4 Å². The maximum absolute atomic E-state index is 12.4. The maximum Gasteiger partial charge on any atom is 0.307 e. The minimum absolute atomic E-state index is 0.0357. The Hall–Kier alpha value is -1.36. The van der Waals surface area contributed by atoms with Crippen molar-refractivity contribution >= 4 is 11.9 Å². The van der Waals surface area contributed by atoms with Crippen LogP contribution in [0.25, 0.3) is 0 Å². The van der Waals surface area contributed by atoms with Crippen molar-refractivity contribution in [3.63, 3.8) is 0 Å². The second-order valence-corrected chi connectivity index (χ2v) is 5.00. The summed E-state index contributed by atoms with van der Waals surface area (Å²) >= 11 is 0. The molecule has 5 heteroatoms. The van der Waals surface area contributed by atoms with Crippen molar-refractivity contribution in [1.82, 2.24) is 4.90 Å². The zero-order chi connectivity index (χ0) is 13.1. The van der Waals surface area contributed by atoms with Gasteiger partial charge < -0.3 is 15.1 Å². The number of allylic oxidation sites excluding steroid dienone is 2. The molecule has 2 rings (SSSR count). The van der Waals surface area contributed by atoms with Gasteiger partial charge in [-0.2, -0.15) is 0 Å². The molecule has 1 amide bonds. The molecule has 2 aliphatic rings. The Morgan fingerprint density at radius 2 is 1.89 bits per heavy atom. The highest BCUT2D eigenvalue weighted by atomic mass is 16.4. The van der Waals surface area contributed by atoms with Crippen LogP contribution in [0.2, 0.25) is 0 Å². The lowest BCUT2D eigenvalue weighted by atomic mass is 9.82. The topological polar surface area (TPSA) is 77.8 Å². The fourth-order valence-corrected chi connectivity index (χ4v) is 2.89. The number of aliphatic hydroxyl groups excluding tert-OH is 1. The summed E-state index contributed by atoms with van der Waals surface area (Å²) in [6, 6.07) is -0.127. The lowest BCUT2D eigenvalue weighted by molar-refractivity contribution is -0.151. The van der Waals surface area contributed by atoms with Gasteiger partial charge in [0.2, 0.25) is 5.91 Å². The normalized spacial score (nSPS) is 31.6. The van der Waals surface area contributed by atoms with E-state index in [0.717, 1.165) is 12.8 Å². The van der Waals surface area contributed by atoms with E-state index < -0.39 is 17.8 Å². The molecule has 1 saturated heterocycles. The Morgan fingerprint density at radius 3 is 2.50 bits per heavy atom. The largest absolute Gasteiger partial charge is 0.481 e. The number of carbonyl (C=O) groups excluding carboxylic acids is 1. The van der Waals surface area contributed by atoms with Crippen LogP contribution < -0.4 is 0 Å². The third-order valence-corrected chi connectivity index (χ3v) is 3.94. The molecule has 2 N–H and O–H groups in total. The minimum Gasteiger partial charge on any atom is -0.481 e. The third kappa shape index (κ3) is 2.41. The van der Waals surface area contributed by atoms with Crippen LogP contribution >= 0.6 is 0 Å². The first-order valence-electron chi connectivity index (χ1n) is 6.44. The smallest absolute Gasteiger partial charge is 0.307 e. The summed E-state index contributed by atoms with van der Waals surface area (Å²) in [5.74, 6) is -2.11. The fourth-order valence-electron chi connectivity index (χ4n) is 2.89. The lowest BCUT2D eigenvalue weighted by Gasteiger charge is -2.31. The summed E-state index contributed by atoms with van der Waals surface area (Å²) in [6.07, 6.45) is 6.32. The number of hydrogen-bond acceptors (Lipinski definition) is 3. The molecule has 0 spiro atoms. The highest BCUT2D eigenvalue weighted by Crippen LogP contribution is 2.30. The molecule has 1 unspecified atom stereocenters. The fraction of sp³-hybridized carbons (Fsp3) is 0.692. The van der Waals surface area contributed by atoms with E-state index in [4.69, 9.17) is 5.11 Å². The molecule has 1 fully saturated rings. The van der Waals surface area contributed by atoms with Crippen LogP contribution in [0.4, 0.5) is 0 Å². The second kappa shape index (κ2) is 5.52. The number of carbonyl (C=O) groups is 2. The van der Waals surface area contributed by atoms with Gasteiger partial charge in [-0.3, -0.25) is 9.59 Å². The average molecular weight is 253 g/mol. The van der Waals surface area contributed by atoms with Crippen molar-refractivity contribution < 1.29 is 19.8 Å². The molecule has 0 aromatic carbocycles. The highest BCUT2D eigenvalue weighted by Gasteiger charge is 2.39. The molecule has 18 heavy (non-hydrogen) atoms. The SMILES string of the molecule is O=C(O)[C@H]1CC=CC[C@H]1C(=O)N1CCCC1CO. The molecule has 1 aliphatic carbocycles. The minimum atomic E-state index is -0.905. The molecule has 0 radical (unpaired) electrons. The average Bonchev–Trinajstić information content (AvgIpc) is 2.86. The van der Waals surface area contributed by atoms with E-state index in [1.165, 1.54) is 0 Å². The quantitative estimate of drug-likeness (QED) is 0.723. The first kappa shape index (κ1) is 13.1. The van der Waals surface area contributed by atoms with Crippen LogP contribution in [-0.4, -0.2) is 46.2 Å². The Labute approximate surface area is 106 Å². The third-order valence-electron chi connectivity index (χ3n) is 3.94. The molecule has 0 aromatic rings. The second-order valence-electron chi connectivity index (χ2n) is 5.00. The summed E-state index contributed by atoms with van der Waals surface area (Å²) in [6.45, 7) is 0.600. The van der Waals surface area contributed by atoms with Crippen molar-refractivity contribution in [3.05, 3.63) is 12.2 Å². The van der Waals surface area contributed by atoms with Gasteiger partial charge in [0.25, 0.3) is 0 Å². The summed E-state index contributed by atoms with van der Waals surface area (Å²) in [7, 11) is 0. The van der Waals surface area contributed by atoms with Crippen LogP contribution in [0.5, 0.6) is 0 Å². The number of carboxylic acids is 1. The van der Waals surface area contributed by atoms with E-state index in [9.17, 15) is 14.7 Å². The van der Waals surface area contributed by atoms with Crippen molar-refractivity contribution in [1.29, 1.82) is 0 Å². The first-order valence-corrected chi connectivity index (χ1v) is 6.44. The van der Waals surface area contributed by atoms with Gasteiger partial charge >= 0.3 is 5.97 Å². The number of rotatable bonds is 3. The summed E-state index contributed by atoms with van der Waals surface area (Å²) in [5, 5.41) is 18.4. The van der Waals surface area contributed by atoms with Gasteiger partial charge in [-0.15, -0.1) is 0 Å². The van der Waals surface area contributed by atoms with Crippen LogP contribution in [0.1, 0.15) is 25.7 Å². The van der Waals surface area contributed by atoms with Crippen LogP contribution in [-0.2, 0) is 9.59 Å². The number of hydrogen-bond donors (Lipinski definition) is 2. The maximum atomic E-state index is 12.4. The molecule has 3 atom stereocenters. The molecule has 1 aliphatic heterocycles. The van der Waals surface area contributed by atoms with Gasteiger partial charge in [0.05, 0.1) is 24.5 Å². The number of carboxylic acid groups (broad SMARTS) is 1. The van der Waals surface area contributed by atoms with Crippen LogP contribution in [0, 0.1) is 11.8 Å². The molecular formula is C13H19NO4. The molecule has 1 heterocycles. The van der Waals surface area contributed by atoms with Gasteiger partial charge in [0, 0.05) is 6.54 Å². The van der Waals surface area contributed by atoms with E-state index in [2.05, 4.69) is 0 Å². The van der Waals surface area contributed by atoms with E-state index in [1.54, 1.807) is 4.90 Å². The van der Waals surface area contributed by atoms with E-state index in [1.807, 2.05) is 12.2 Å². The summed E-state index contributed by atoms with van der Waals surface area (Å²) in [5.41, 5.74) is 0. The van der Waals surface area contributed by atoms with Crippen LogP contribution in [0.15, 0.2) is 12.2 Å². The van der Waals surface area contributed by atoms with E-state index in [-0.39, 0.29) is 18.6 Å². The predicted octanol–water partition coefficient (Wildman–Crippen LogP) is 0.637. The zero-order valence-corrected chi connectivity index (χ0v) is 10.3. The number of aliphatic carboxylic acids is 1. The predicted molar refractivity (Wildman–Crippen MR) is 64.8 cm³/mol. The molecule has 0 saturated carbocycles. The number of nitrogens with zero attached hydrogens (tertiary/aromatic N) is 1. The highest BCUT2D eigenvalue weighted by molar-refractivity contribution is 5.85. The lowest BCUT2D eigenvalue weighted by Crippen LogP contribution is -2.45. The van der Waals surface area contributed by atoms with Crippen molar-refractivity contribution in [2.45, 2.75) is 31.7 Å². The van der Waals surface area contributed by atoms with Gasteiger partial charge in [-0.25, -0.2) is 0 Å². The molecule has 0 aromatic heterocycles. The van der Waals surface area contributed by atoms with Gasteiger partial charge in [-0.05, 0) is 25.7 Å². The Balaban J connectivity index is 2.11. The van der Waals surface area contributed by atoms with Crippen molar-refractivity contribution in [2.24, 2.45) is 11.8 Å². The van der Waals surface area contributed by atoms with Gasteiger partial charge in [0.15, 0.2) is 0 Å². The standard InChI is InChI=1S/C13H19NO4/c15-8-9-4-3-7-14(9)12(16)10-5-1-2-6-11(10)13(17)18/h1-2,9-11,15H,3-8H2,(H,17,18)/t9?,10-,11+/m1/s1. The molecular weight excluding hydrogens is 234 g/mol. The van der Waals surface area contributed by atoms with Gasteiger partial charge in [-0.1, -0.05) is 12.2 Å². The first-order chi connectivity index (χ1) is 8.65. The summed E-state index contributed by atoms with van der Waals surface area (Å²) < 4.78 is 0. The van der Waals surface area contributed by atoms with Gasteiger partial charge in [0.1, 0.15) is 0 Å². The molecule has 100 valence electrons. The van der Waals surface area contributed by atoms with Crippen LogP contribution in [0.3, 0.4) is 0 Å². The number of amides is 1. The number of likely N-dealkylation sites (tertiary alicyclic amines) is 1. The van der Waals surface area contributed by atoms with Crippen molar-refractivity contribution in [3.8, 4) is 0 Å². The molecule has 0 bridgehead atoms. The Morgan fingerprint density at radius 1 is 1.22 bits per heavy atom. The molecule has 5 nitrogen and oxygen atoms in total.